The van der Waals surface area contributed by atoms with Crippen LogP contribution in [0.15, 0.2) is 70.3 Å². The number of hydrogen-bond donors (Lipinski definition) is 1. The number of methoxy groups -OCH3 is 1. The van der Waals surface area contributed by atoms with E-state index >= 15 is 0 Å². The number of para-hydroxylation sites is 1. The van der Waals surface area contributed by atoms with Crippen LogP contribution in [0, 0.1) is 6.92 Å². The molecule has 9 nitrogen and oxygen atoms in total. The highest BCUT2D eigenvalue weighted by atomic mass is 16.5. The molecule has 1 amide bonds. The first-order valence-electron chi connectivity index (χ1n) is 11.0. The molecule has 0 unspecified atom stereocenters. The molecule has 0 aliphatic rings. The van der Waals surface area contributed by atoms with E-state index in [4.69, 9.17) is 4.74 Å². The van der Waals surface area contributed by atoms with Gasteiger partial charge in [0.2, 0.25) is 5.91 Å². The van der Waals surface area contributed by atoms with Gasteiger partial charge < -0.3 is 10.1 Å². The summed E-state index contributed by atoms with van der Waals surface area (Å²) in [4.78, 5) is 56.8. The van der Waals surface area contributed by atoms with Gasteiger partial charge in [0.05, 0.1) is 23.7 Å². The third-order valence-corrected chi connectivity index (χ3v) is 5.56. The van der Waals surface area contributed by atoms with E-state index in [0.29, 0.717) is 17.1 Å². The van der Waals surface area contributed by atoms with Crippen molar-refractivity contribution in [1.82, 2.24) is 14.1 Å². The number of amides is 1. The standard InChI is InChI=1S/C26H24N4O5/c1-4-17-9-8-10-18(14-17)28-21(31)15-29-24(32)22-20(25(33)35-3)13-16(2)27-23(22)30(26(29)34)19-11-6-5-7-12-19/h5-14H,4,15H2,1-3H3,(H,28,31). The molecule has 0 aliphatic heterocycles. The SMILES string of the molecule is CCc1cccc(NC(=O)Cn2c(=O)c3c(C(=O)OC)cc(C)nc3n(-c3ccccc3)c2=O)c1. The van der Waals surface area contributed by atoms with E-state index in [-0.39, 0.29) is 16.6 Å². The number of ether oxygens (including phenoxy) is 1. The van der Waals surface area contributed by atoms with Crippen LogP contribution in [0.1, 0.15) is 28.5 Å². The smallest absolute Gasteiger partial charge is 0.338 e. The molecule has 0 spiro atoms. The third kappa shape index (κ3) is 4.61. The van der Waals surface area contributed by atoms with E-state index in [1.54, 1.807) is 43.3 Å². The predicted molar refractivity (Wildman–Crippen MR) is 132 cm³/mol. The van der Waals surface area contributed by atoms with E-state index in [2.05, 4.69) is 10.3 Å². The van der Waals surface area contributed by atoms with Gasteiger partial charge in [-0.15, -0.1) is 0 Å². The number of carbonyl (C=O) groups is 2. The number of nitrogens with zero attached hydrogens (tertiary/aromatic N) is 3. The van der Waals surface area contributed by atoms with Gasteiger partial charge in [0.25, 0.3) is 5.56 Å². The average molecular weight is 473 g/mol. The maximum Gasteiger partial charge on any atom is 0.338 e. The van der Waals surface area contributed by atoms with Crippen molar-refractivity contribution in [2.24, 2.45) is 0 Å². The van der Waals surface area contributed by atoms with Crippen LogP contribution in [-0.2, 0) is 22.5 Å². The molecule has 0 radical (unpaired) electrons. The molecule has 178 valence electrons. The van der Waals surface area contributed by atoms with Crippen LogP contribution < -0.4 is 16.6 Å². The number of hydrogen-bond acceptors (Lipinski definition) is 6. The number of esters is 1. The highest BCUT2D eigenvalue weighted by molar-refractivity contribution is 6.02. The Kier molecular flexibility index (Phi) is 6.59. The molecule has 0 saturated carbocycles. The minimum Gasteiger partial charge on any atom is -0.465 e. The molecule has 9 heteroatoms. The zero-order valence-electron chi connectivity index (χ0n) is 19.6. The molecule has 0 fully saturated rings. The minimum absolute atomic E-state index is 0.0129. The van der Waals surface area contributed by atoms with E-state index < -0.39 is 29.7 Å². The van der Waals surface area contributed by atoms with E-state index in [9.17, 15) is 19.2 Å². The molecular formula is C26H24N4O5. The lowest BCUT2D eigenvalue weighted by atomic mass is 10.1. The van der Waals surface area contributed by atoms with Gasteiger partial charge in [-0.05, 0) is 49.2 Å². The summed E-state index contributed by atoms with van der Waals surface area (Å²) in [7, 11) is 1.20. The van der Waals surface area contributed by atoms with E-state index in [1.807, 2.05) is 25.1 Å². The summed E-state index contributed by atoms with van der Waals surface area (Å²) in [6.07, 6.45) is 0.790. The fourth-order valence-electron chi connectivity index (χ4n) is 3.90. The second-order valence-electron chi connectivity index (χ2n) is 7.95. The van der Waals surface area contributed by atoms with Crippen molar-refractivity contribution in [3.8, 4) is 5.69 Å². The van der Waals surface area contributed by atoms with Gasteiger partial charge in [0, 0.05) is 11.4 Å². The van der Waals surface area contributed by atoms with Crippen LogP contribution in [-0.4, -0.2) is 33.1 Å². The fraction of sp³-hybridized carbons (Fsp3) is 0.192. The van der Waals surface area contributed by atoms with Gasteiger partial charge >= 0.3 is 11.7 Å². The van der Waals surface area contributed by atoms with Gasteiger partial charge in [0.15, 0.2) is 5.65 Å². The van der Waals surface area contributed by atoms with Gasteiger partial charge in [0.1, 0.15) is 6.54 Å². The molecule has 2 aromatic carbocycles. The summed E-state index contributed by atoms with van der Waals surface area (Å²) < 4.78 is 6.90. The quantitative estimate of drug-likeness (QED) is 0.432. The zero-order valence-corrected chi connectivity index (χ0v) is 19.6. The number of aromatic nitrogens is 3. The van der Waals surface area contributed by atoms with Crippen molar-refractivity contribution in [1.29, 1.82) is 0 Å². The molecule has 4 aromatic rings. The highest BCUT2D eigenvalue weighted by Crippen LogP contribution is 2.18. The molecule has 0 aliphatic carbocycles. The number of anilines is 1. The van der Waals surface area contributed by atoms with Crippen LogP contribution in [0.3, 0.4) is 0 Å². The second kappa shape index (κ2) is 9.76. The Morgan fingerprint density at radius 3 is 2.46 bits per heavy atom. The summed E-state index contributed by atoms with van der Waals surface area (Å²) in [5.74, 6) is -1.31. The van der Waals surface area contributed by atoms with E-state index in [1.165, 1.54) is 17.7 Å². The van der Waals surface area contributed by atoms with Gasteiger partial charge in [-0.25, -0.2) is 23.7 Å². The number of fused-ring (bicyclic) bond motifs is 1. The topological polar surface area (TPSA) is 112 Å². The van der Waals surface area contributed by atoms with Crippen LogP contribution in [0.5, 0.6) is 0 Å². The summed E-state index contributed by atoms with van der Waals surface area (Å²) in [5, 5.41) is 2.63. The van der Waals surface area contributed by atoms with Crippen LogP contribution in [0.2, 0.25) is 0 Å². The Bertz CT molecular complexity index is 1550. The predicted octanol–water partition coefficient (Wildman–Crippen LogP) is 2.84. The summed E-state index contributed by atoms with van der Waals surface area (Å²) >= 11 is 0. The number of rotatable bonds is 6. The van der Waals surface area contributed by atoms with Gasteiger partial charge in [-0.3, -0.25) is 9.59 Å². The number of carbonyl (C=O) groups excluding carboxylic acids is 2. The molecule has 0 atom stereocenters. The molecular weight excluding hydrogens is 448 g/mol. The maximum absolute atomic E-state index is 13.5. The third-order valence-electron chi connectivity index (χ3n) is 5.56. The van der Waals surface area contributed by atoms with Gasteiger partial charge in [-0.1, -0.05) is 37.3 Å². The molecule has 2 aromatic heterocycles. The van der Waals surface area contributed by atoms with Crippen molar-refractivity contribution in [2.45, 2.75) is 26.8 Å². The van der Waals surface area contributed by atoms with Crippen LogP contribution in [0.4, 0.5) is 5.69 Å². The first kappa shape index (κ1) is 23.6. The minimum atomic E-state index is -0.803. The second-order valence-corrected chi connectivity index (χ2v) is 7.95. The monoisotopic (exact) mass is 472 g/mol. The zero-order chi connectivity index (χ0) is 25.1. The number of benzene rings is 2. The molecule has 2 heterocycles. The number of nitrogens with one attached hydrogen (secondary N) is 1. The molecule has 1 N–H and O–H groups in total. The van der Waals surface area contributed by atoms with Crippen molar-refractivity contribution in [2.75, 3.05) is 12.4 Å². The average Bonchev–Trinajstić information content (AvgIpc) is 2.86. The lowest BCUT2D eigenvalue weighted by Gasteiger charge is -2.15. The molecule has 0 saturated heterocycles. The Labute approximate surface area is 200 Å². The van der Waals surface area contributed by atoms with Crippen LogP contribution >= 0.6 is 0 Å². The number of pyridine rings is 1. The van der Waals surface area contributed by atoms with Crippen molar-refractivity contribution in [3.63, 3.8) is 0 Å². The molecule has 4 rings (SSSR count). The van der Waals surface area contributed by atoms with Crippen molar-refractivity contribution < 1.29 is 14.3 Å². The van der Waals surface area contributed by atoms with Crippen molar-refractivity contribution >= 4 is 28.6 Å². The normalized spacial score (nSPS) is 10.8. The van der Waals surface area contributed by atoms with E-state index in [0.717, 1.165) is 16.6 Å². The first-order chi connectivity index (χ1) is 16.8. The Morgan fingerprint density at radius 1 is 1.03 bits per heavy atom. The first-order valence-corrected chi connectivity index (χ1v) is 11.0. The largest absolute Gasteiger partial charge is 0.465 e. The highest BCUT2D eigenvalue weighted by Gasteiger charge is 2.23. The summed E-state index contributed by atoms with van der Waals surface area (Å²) in [6.45, 7) is 3.09. The fourth-order valence-corrected chi connectivity index (χ4v) is 3.90. The number of aryl methyl sites for hydroxylation is 2. The molecule has 35 heavy (non-hydrogen) atoms. The Hall–Kier alpha value is -4.53. The Morgan fingerprint density at radius 2 is 1.77 bits per heavy atom. The lowest BCUT2D eigenvalue weighted by molar-refractivity contribution is -0.116. The summed E-state index contributed by atoms with van der Waals surface area (Å²) in [6, 6.07) is 17.3. The van der Waals surface area contributed by atoms with Crippen LogP contribution in [0.25, 0.3) is 16.7 Å². The lowest BCUT2D eigenvalue weighted by Crippen LogP contribution is -2.43. The molecule has 0 bridgehead atoms. The van der Waals surface area contributed by atoms with Gasteiger partial charge in [-0.2, -0.15) is 0 Å². The Balaban J connectivity index is 1.93. The summed E-state index contributed by atoms with van der Waals surface area (Å²) in [5.41, 5.74) is 0.866. The maximum atomic E-state index is 13.5. The van der Waals surface area contributed by atoms with Crippen molar-refractivity contribution in [3.05, 3.63) is 98.3 Å².